The molecule has 3 rings (SSSR count). The molecule has 0 saturated carbocycles. The Morgan fingerprint density at radius 2 is 2.00 bits per heavy atom. The lowest BCUT2D eigenvalue weighted by Gasteiger charge is -2.08. The van der Waals surface area contributed by atoms with Crippen LogP contribution in [0, 0.1) is 6.92 Å². The first-order valence-electron chi connectivity index (χ1n) is 6.55. The Morgan fingerprint density at radius 3 is 2.75 bits per heavy atom. The Balaban J connectivity index is 1.84. The maximum atomic E-state index is 4.66. The fourth-order valence-corrected chi connectivity index (χ4v) is 2.98. The second-order valence-electron chi connectivity index (χ2n) is 4.95. The van der Waals surface area contributed by atoms with Gasteiger partial charge in [-0.3, -0.25) is 0 Å². The number of imidazole rings is 1. The van der Waals surface area contributed by atoms with Gasteiger partial charge < -0.3 is 9.88 Å². The van der Waals surface area contributed by atoms with Gasteiger partial charge in [-0.2, -0.15) is 0 Å². The molecule has 2 aromatic carbocycles. The highest BCUT2D eigenvalue weighted by molar-refractivity contribution is 9.10. The average Bonchev–Trinajstić information content (AvgIpc) is 2.73. The molecule has 0 bridgehead atoms. The van der Waals surface area contributed by atoms with Crippen molar-refractivity contribution in [3.05, 3.63) is 58.3 Å². The maximum Gasteiger partial charge on any atom is 0.128 e. The molecule has 102 valence electrons. The molecule has 0 aliphatic carbocycles. The van der Waals surface area contributed by atoms with Crippen molar-refractivity contribution in [1.29, 1.82) is 0 Å². The predicted octanol–water partition coefficient (Wildman–Crippen LogP) is 4.26. The zero-order valence-electron chi connectivity index (χ0n) is 11.5. The lowest BCUT2D eigenvalue weighted by atomic mass is 10.2. The monoisotopic (exact) mass is 329 g/mol. The van der Waals surface area contributed by atoms with Crippen LogP contribution in [0.5, 0.6) is 0 Å². The summed E-state index contributed by atoms with van der Waals surface area (Å²) in [6.07, 6.45) is 0. The summed E-state index contributed by atoms with van der Waals surface area (Å²) in [5.74, 6) is 1.03. The van der Waals surface area contributed by atoms with Gasteiger partial charge in [-0.25, -0.2) is 4.98 Å². The van der Waals surface area contributed by atoms with E-state index in [1.54, 1.807) is 0 Å². The van der Waals surface area contributed by atoms with Crippen LogP contribution in [0.2, 0.25) is 0 Å². The third-order valence-electron chi connectivity index (χ3n) is 3.37. The highest BCUT2D eigenvalue weighted by Gasteiger charge is 2.06. The molecule has 0 unspecified atom stereocenters. The van der Waals surface area contributed by atoms with Gasteiger partial charge >= 0.3 is 0 Å². The zero-order valence-corrected chi connectivity index (χ0v) is 13.1. The molecule has 0 aliphatic heterocycles. The van der Waals surface area contributed by atoms with Gasteiger partial charge in [0.15, 0.2) is 0 Å². The molecular formula is C16H16BrN3. The number of aryl methyl sites for hydroxylation is 2. The fraction of sp³-hybridized carbons (Fsp3) is 0.188. The first-order chi connectivity index (χ1) is 9.63. The van der Waals surface area contributed by atoms with Gasteiger partial charge in [-0.05, 0) is 42.8 Å². The summed E-state index contributed by atoms with van der Waals surface area (Å²) >= 11 is 3.52. The number of hydrogen-bond donors (Lipinski definition) is 1. The van der Waals surface area contributed by atoms with Crippen molar-refractivity contribution in [2.24, 2.45) is 7.05 Å². The number of benzene rings is 2. The van der Waals surface area contributed by atoms with E-state index >= 15 is 0 Å². The minimum Gasteiger partial charge on any atom is -0.378 e. The van der Waals surface area contributed by atoms with Crippen LogP contribution < -0.4 is 5.32 Å². The Labute approximate surface area is 126 Å². The van der Waals surface area contributed by atoms with E-state index in [4.69, 9.17) is 0 Å². The first-order valence-corrected chi connectivity index (χ1v) is 7.34. The second-order valence-corrected chi connectivity index (χ2v) is 5.86. The SMILES string of the molecule is Cc1cc(Br)cc(NCc2nc3ccccc3n2C)c1. The van der Waals surface area contributed by atoms with Crippen molar-refractivity contribution >= 4 is 32.7 Å². The normalized spacial score (nSPS) is 10.9. The number of para-hydroxylation sites is 2. The van der Waals surface area contributed by atoms with E-state index in [1.807, 2.05) is 18.2 Å². The van der Waals surface area contributed by atoms with E-state index in [-0.39, 0.29) is 0 Å². The Morgan fingerprint density at radius 1 is 1.20 bits per heavy atom. The van der Waals surface area contributed by atoms with Crippen LogP contribution in [0.3, 0.4) is 0 Å². The van der Waals surface area contributed by atoms with Gasteiger partial charge in [0.2, 0.25) is 0 Å². The second kappa shape index (κ2) is 5.29. The molecule has 1 heterocycles. The molecule has 1 N–H and O–H groups in total. The maximum absolute atomic E-state index is 4.66. The van der Waals surface area contributed by atoms with E-state index in [0.29, 0.717) is 6.54 Å². The summed E-state index contributed by atoms with van der Waals surface area (Å²) < 4.78 is 3.22. The summed E-state index contributed by atoms with van der Waals surface area (Å²) in [5.41, 5.74) is 4.53. The predicted molar refractivity (Wildman–Crippen MR) is 86.9 cm³/mol. The first kappa shape index (κ1) is 13.2. The number of nitrogens with one attached hydrogen (secondary N) is 1. The largest absolute Gasteiger partial charge is 0.378 e. The molecule has 20 heavy (non-hydrogen) atoms. The molecule has 0 spiro atoms. The van der Waals surface area contributed by atoms with Crippen LogP contribution in [0.4, 0.5) is 5.69 Å². The third kappa shape index (κ3) is 2.56. The molecule has 0 amide bonds. The van der Waals surface area contributed by atoms with E-state index < -0.39 is 0 Å². The van der Waals surface area contributed by atoms with Gasteiger partial charge in [-0.1, -0.05) is 28.1 Å². The standard InChI is InChI=1S/C16H16BrN3/c1-11-7-12(17)9-13(8-11)18-10-16-19-14-5-3-4-6-15(14)20(16)2/h3-9,18H,10H2,1-2H3. The number of aromatic nitrogens is 2. The van der Waals surface area contributed by atoms with Gasteiger partial charge in [0.1, 0.15) is 5.82 Å². The van der Waals surface area contributed by atoms with Crippen LogP contribution in [-0.2, 0) is 13.6 Å². The van der Waals surface area contributed by atoms with Crippen molar-refractivity contribution < 1.29 is 0 Å². The number of fused-ring (bicyclic) bond motifs is 1. The number of nitrogens with zero attached hydrogens (tertiary/aromatic N) is 2. The molecule has 3 nitrogen and oxygen atoms in total. The highest BCUT2D eigenvalue weighted by Crippen LogP contribution is 2.20. The molecule has 1 aromatic heterocycles. The van der Waals surface area contributed by atoms with Crippen molar-refractivity contribution in [1.82, 2.24) is 9.55 Å². The van der Waals surface area contributed by atoms with Gasteiger partial charge in [-0.15, -0.1) is 0 Å². The lowest BCUT2D eigenvalue weighted by molar-refractivity contribution is 0.834. The van der Waals surface area contributed by atoms with E-state index in [2.05, 4.69) is 69.0 Å². The Kier molecular flexibility index (Phi) is 3.49. The topological polar surface area (TPSA) is 29.9 Å². The van der Waals surface area contributed by atoms with E-state index in [9.17, 15) is 0 Å². The molecule has 0 radical (unpaired) electrons. The Hall–Kier alpha value is -1.81. The zero-order chi connectivity index (χ0) is 14.1. The summed E-state index contributed by atoms with van der Waals surface area (Å²) in [6.45, 7) is 2.80. The Bertz CT molecular complexity index is 741. The van der Waals surface area contributed by atoms with Crippen LogP contribution >= 0.6 is 15.9 Å². The number of anilines is 1. The van der Waals surface area contributed by atoms with Crippen molar-refractivity contribution in [3.8, 4) is 0 Å². The third-order valence-corrected chi connectivity index (χ3v) is 3.83. The minimum absolute atomic E-state index is 0.709. The summed E-state index contributed by atoms with van der Waals surface area (Å²) in [5, 5.41) is 3.43. The molecule has 0 saturated heterocycles. The quantitative estimate of drug-likeness (QED) is 0.778. The molecule has 4 heteroatoms. The number of halogens is 1. The van der Waals surface area contributed by atoms with Gasteiger partial charge in [0.05, 0.1) is 17.6 Å². The summed E-state index contributed by atoms with van der Waals surface area (Å²) in [4.78, 5) is 4.66. The fourth-order valence-electron chi connectivity index (χ4n) is 2.37. The minimum atomic E-state index is 0.709. The van der Waals surface area contributed by atoms with Crippen molar-refractivity contribution in [2.45, 2.75) is 13.5 Å². The molecule has 0 fully saturated rings. The lowest BCUT2D eigenvalue weighted by Crippen LogP contribution is -2.06. The van der Waals surface area contributed by atoms with Crippen molar-refractivity contribution in [2.75, 3.05) is 5.32 Å². The molecule has 3 aromatic rings. The molecular weight excluding hydrogens is 314 g/mol. The number of hydrogen-bond acceptors (Lipinski definition) is 2. The van der Waals surface area contributed by atoms with Crippen LogP contribution in [0.15, 0.2) is 46.9 Å². The van der Waals surface area contributed by atoms with E-state index in [1.165, 1.54) is 5.56 Å². The average molecular weight is 330 g/mol. The summed E-state index contributed by atoms with van der Waals surface area (Å²) in [6, 6.07) is 14.5. The highest BCUT2D eigenvalue weighted by atomic mass is 79.9. The van der Waals surface area contributed by atoms with Gasteiger partial charge in [0, 0.05) is 17.2 Å². The van der Waals surface area contributed by atoms with Gasteiger partial charge in [0.25, 0.3) is 0 Å². The van der Waals surface area contributed by atoms with Crippen LogP contribution in [-0.4, -0.2) is 9.55 Å². The number of rotatable bonds is 3. The van der Waals surface area contributed by atoms with Crippen molar-refractivity contribution in [3.63, 3.8) is 0 Å². The van der Waals surface area contributed by atoms with Crippen LogP contribution in [0.25, 0.3) is 11.0 Å². The van der Waals surface area contributed by atoms with Crippen LogP contribution in [0.1, 0.15) is 11.4 Å². The van der Waals surface area contributed by atoms with E-state index in [0.717, 1.165) is 27.0 Å². The smallest absolute Gasteiger partial charge is 0.128 e. The summed E-state index contributed by atoms with van der Waals surface area (Å²) in [7, 11) is 2.05. The molecule has 0 aliphatic rings. The molecule has 0 atom stereocenters.